The predicted molar refractivity (Wildman–Crippen MR) is 75.5 cm³/mol. The van der Waals surface area contributed by atoms with Crippen LogP contribution < -0.4 is 5.32 Å². The van der Waals surface area contributed by atoms with Crippen molar-refractivity contribution in [3.8, 4) is 0 Å². The van der Waals surface area contributed by atoms with Crippen LogP contribution in [0.3, 0.4) is 0 Å². The van der Waals surface area contributed by atoms with Gasteiger partial charge in [-0.25, -0.2) is 4.39 Å². The van der Waals surface area contributed by atoms with Gasteiger partial charge in [0.05, 0.1) is 11.2 Å². The second kappa shape index (κ2) is 5.06. The Bertz CT molecular complexity index is 704. The van der Waals surface area contributed by atoms with Gasteiger partial charge in [-0.05, 0) is 29.8 Å². The number of hydrogen-bond donors (Lipinski definition) is 1. The summed E-state index contributed by atoms with van der Waals surface area (Å²) in [6, 6.07) is 16.5. The van der Waals surface area contributed by atoms with E-state index in [1.54, 1.807) is 12.3 Å². The molecular formula is C16H13FN2. The van der Waals surface area contributed by atoms with Gasteiger partial charge < -0.3 is 5.32 Å². The van der Waals surface area contributed by atoms with E-state index in [0.717, 1.165) is 22.2 Å². The molecule has 2 aromatic carbocycles. The number of rotatable bonds is 3. The Kier molecular flexibility index (Phi) is 3.11. The van der Waals surface area contributed by atoms with Gasteiger partial charge in [0.2, 0.25) is 0 Å². The van der Waals surface area contributed by atoms with Gasteiger partial charge in [0.1, 0.15) is 5.82 Å². The Balaban J connectivity index is 1.86. The first-order valence-electron chi connectivity index (χ1n) is 6.15. The van der Waals surface area contributed by atoms with E-state index in [4.69, 9.17) is 0 Å². The first-order chi connectivity index (χ1) is 9.33. The fourth-order valence-electron chi connectivity index (χ4n) is 2.09. The third kappa shape index (κ3) is 2.55. The zero-order valence-corrected chi connectivity index (χ0v) is 10.3. The zero-order chi connectivity index (χ0) is 13.1. The summed E-state index contributed by atoms with van der Waals surface area (Å²) >= 11 is 0. The summed E-state index contributed by atoms with van der Waals surface area (Å²) in [6.07, 6.45) is 1.77. The molecule has 0 saturated carbocycles. The minimum absolute atomic E-state index is 0.213. The van der Waals surface area contributed by atoms with Crippen LogP contribution in [0.1, 0.15) is 5.56 Å². The van der Waals surface area contributed by atoms with Crippen molar-refractivity contribution in [3.63, 3.8) is 0 Å². The van der Waals surface area contributed by atoms with E-state index in [1.165, 1.54) is 12.1 Å². The van der Waals surface area contributed by atoms with Crippen LogP contribution in [0, 0.1) is 5.82 Å². The van der Waals surface area contributed by atoms with Gasteiger partial charge >= 0.3 is 0 Å². The third-order valence-corrected chi connectivity index (χ3v) is 3.00. The minimum atomic E-state index is -0.213. The van der Waals surface area contributed by atoms with Crippen LogP contribution in [-0.2, 0) is 6.54 Å². The van der Waals surface area contributed by atoms with Crippen molar-refractivity contribution < 1.29 is 4.39 Å². The quantitative estimate of drug-likeness (QED) is 0.762. The molecule has 3 heteroatoms. The van der Waals surface area contributed by atoms with Gasteiger partial charge in [-0.2, -0.15) is 0 Å². The summed E-state index contributed by atoms with van der Waals surface area (Å²) in [4.78, 5) is 4.37. The summed E-state index contributed by atoms with van der Waals surface area (Å²) in [5, 5.41) is 4.39. The van der Waals surface area contributed by atoms with E-state index in [0.29, 0.717) is 6.54 Å². The number of fused-ring (bicyclic) bond motifs is 1. The van der Waals surface area contributed by atoms with Gasteiger partial charge in [0.15, 0.2) is 0 Å². The molecule has 0 bridgehead atoms. The maximum Gasteiger partial charge on any atom is 0.123 e. The molecule has 0 aliphatic rings. The maximum absolute atomic E-state index is 13.1. The van der Waals surface area contributed by atoms with Gasteiger partial charge in [-0.1, -0.05) is 30.3 Å². The van der Waals surface area contributed by atoms with Crippen molar-refractivity contribution in [2.45, 2.75) is 6.54 Å². The van der Waals surface area contributed by atoms with Crippen molar-refractivity contribution in [2.75, 3.05) is 5.32 Å². The topological polar surface area (TPSA) is 24.9 Å². The van der Waals surface area contributed by atoms with E-state index >= 15 is 0 Å². The molecule has 3 aromatic rings. The van der Waals surface area contributed by atoms with Crippen LogP contribution in [0.2, 0.25) is 0 Å². The van der Waals surface area contributed by atoms with Gasteiger partial charge in [-0.15, -0.1) is 0 Å². The number of aromatic nitrogens is 1. The lowest BCUT2D eigenvalue weighted by Gasteiger charge is -2.09. The number of pyridine rings is 1. The Morgan fingerprint density at radius 1 is 1.00 bits per heavy atom. The molecule has 19 heavy (non-hydrogen) atoms. The van der Waals surface area contributed by atoms with E-state index < -0.39 is 0 Å². The molecule has 1 N–H and O–H groups in total. The Morgan fingerprint density at radius 3 is 2.74 bits per heavy atom. The summed E-state index contributed by atoms with van der Waals surface area (Å²) in [5.41, 5.74) is 2.80. The molecule has 1 heterocycles. The van der Waals surface area contributed by atoms with Crippen LogP contribution >= 0.6 is 0 Å². The Labute approximate surface area is 110 Å². The molecule has 94 valence electrons. The number of benzene rings is 2. The van der Waals surface area contributed by atoms with Crippen molar-refractivity contribution in [1.29, 1.82) is 0 Å². The molecule has 0 saturated heterocycles. The van der Waals surface area contributed by atoms with Crippen molar-refractivity contribution in [2.24, 2.45) is 0 Å². The highest BCUT2D eigenvalue weighted by atomic mass is 19.1. The molecular weight excluding hydrogens is 239 g/mol. The van der Waals surface area contributed by atoms with Crippen LogP contribution in [0.5, 0.6) is 0 Å². The molecule has 0 fully saturated rings. The molecule has 2 nitrogen and oxygen atoms in total. The van der Waals surface area contributed by atoms with E-state index in [2.05, 4.69) is 10.3 Å². The van der Waals surface area contributed by atoms with Crippen LogP contribution in [-0.4, -0.2) is 4.98 Å². The monoisotopic (exact) mass is 252 g/mol. The largest absolute Gasteiger partial charge is 0.379 e. The predicted octanol–water partition coefficient (Wildman–Crippen LogP) is 3.99. The second-order valence-electron chi connectivity index (χ2n) is 4.36. The first-order valence-corrected chi connectivity index (χ1v) is 6.15. The SMILES string of the molecule is Fc1cccc(CNc2cccc3cccnc23)c1. The van der Waals surface area contributed by atoms with E-state index in [-0.39, 0.29) is 5.82 Å². The number of hydrogen-bond acceptors (Lipinski definition) is 2. The molecule has 0 unspecified atom stereocenters. The van der Waals surface area contributed by atoms with Crippen LogP contribution in [0.15, 0.2) is 60.8 Å². The summed E-state index contributed by atoms with van der Waals surface area (Å²) in [6.45, 7) is 0.577. The molecule has 0 aliphatic heterocycles. The average Bonchev–Trinajstić information content (AvgIpc) is 2.45. The van der Waals surface area contributed by atoms with Crippen molar-refractivity contribution in [3.05, 3.63) is 72.2 Å². The number of para-hydroxylation sites is 1. The molecule has 0 aliphatic carbocycles. The van der Waals surface area contributed by atoms with Gasteiger partial charge in [0.25, 0.3) is 0 Å². The molecule has 0 spiro atoms. The number of halogens is 1. The van der Waals surface area contributed by atoms with Gasteiger partial charge in [0, 0.05) is 18.1 Å². The Morgan fingerprint density at radius 2 is 1.84 bits per heavy atom. The number of nitrogens with one attached hydrogen (secondary N) is 1. The fourth-order valence-corrected chi connectivity index (χ4v) is 2.09. The lowest BCUT2D eigenvalue weighted by molar-refractivity contribution is 0.626. The van der Waals surface area contributed by atoms with Crippen LogP contribution in [0.25, 0.3) is 10.9 Å². The lowest BCUT2D eigenvalue weighted by atomic mass is 10.1. The normalized spacial score (nSPS) is 10.6. The fraction of sp³-hybridized carbons (Fsp3) is 0.0625. The summed E-state index contributed by atoms with van der Waals surface area (Å²) in [5.74, 6) is -0.213. The molecule has 0 radical (unpaired) electrons. The Hall–Kier alpha value is -2.42. The van der Waals surface area contributed by atoms with E-state index in [1.807, 2.05) is 36.4 Å². The summed E-state index contributed by atoms with van der Waals surface area (Å²) in [7, 11) is 0. The molecule has 0 amide bonds. The highest BCUT2D eigenvalue weighted by molar-refractivity contribution is 5.90. The number of nitrogens with zero attached hydrogens (tertiary/aromatic N) is 1. The summed E-state index contributed by atoms with van der Waals surface area (Å²) < 4.78 is 13.1. The van der Waals surface area contributed by atoms with Crippen molar-refractivity contribution >= 4 is 16.6 Å². The lowest BCUT2D eigenvalue weighted by Crippen LogP contribution is -2.00. The smallest absolute Gasteiger partial charge is 0.123 e. The zero-order valence-electron chi connectivity index (χ0n) is 10.3. The van der Waals surface area contributed by atoms with Crippen molar-refractivity contribution in [1.82, 2.24) is 4.98 Å². The molecule has 1 aromatic heterocycles. The highest BCUT2D eigenvalue weighted by Crippen LogP contribution is 2.21. The first kappa shape index (κ1) is 11.7. The standard InChI is InChI=1S/C16H13FN2/c17-14-7-1-4-12(10-14)11-19-15-8-2-5-13-6-3-9-18-16(13)15/h1-10,19H,11H2. The second-order valence-corrected chi connectivity index (χ2v) is 4.36. The maximum atomic E-state index is 13.1. The molecule has 0 atom stereocenters. The third-order valence-electron chi connectivity index (χ3n) is 3.00. The van der Waals surface area contributed by atoms with Crippen LogP contribution in [0.4, 0.5) is 10.1 Å². The van der Waals surface area contributed by atoms with E-state index in [9.17, 15) is 4.39 Å². The highest BCUT2D eigenvalue weighted by Gasteiger charge is 2.01. The average molecular weight is 252 g/mol. The minimum Gasteiger partial charge on any atom is -0.379 e. The number of anilines is 1. The van der Waals surface area contributed by atoms with Gasteiger partial charge in [-0.3, -0.25) is 4.98 Å². The molecule has 3 rings (SSSR count).